The first-order valence-corrected chi connectivity index (χ1v) is 6.49. The topological polar surface area (TPSA) is 36.9 Å². The Morgan fingerprint density at radius 3 is 2.45 bits per heavy atom. The minimum Gasteiger partial charge on any atom is -0.497 e. The van der Waals surface area contributed by atoms with Crippen LogP contribution in [0.25, 0.3) is 0 Å². The van der Waals surface area contributed by atoms with E-state index in [1.54, 1.807) is 7.11 Å². The highest BCUT2D eigenvalue weighted by molar-refractivity contribution is 5.54. The molecule has 2 aromatic carbocycles. The number of fused-ring (bicyclic) bond motifs is 3. The highest BCUT2D eigenvalue weighted by Crippen LogP contribution is 2.61. The fourth-order valence-corrected chi connectivity index (χ4v) is 2.97. The summed E-state index contributed by atoms with van der Waals surface area (Å²) in [4.78, 5) is 10.9. The molecule has 2 unspecified atom stereocenters. The molecule has 0 radical (unpaired) electrons. The van der Waals surface area contributed by atoms with Crippen LogP contribution in [0.3, 0.4) is 0 Å². The molecule has 1 saturated heterocycles. The van der Waals surface area contributed by atoms with Gasteiger partial charge in [-0.1, -0.05) is 30.3 Å². The minimum absolute atomic E-state index is 0.712. The first-order valence-electron chi connectivity index (χ1n) is 6.49. The molecule has 0 amide bonds. The van der Waals surface area contributed by atoms with Crippen molar-refractivity contribution >= 4 is 0 Å². The first-order chi connectivity index (χ1) is 9.69. The Labute approximate surface area is 116 Å². The van der Waals surface area contributed by atoms with Crippen LogP contribution in [0.5, 0.6) is 11.5 Å². The standard InChI is InChI=1S/C16H14O4/c1-15-16(20-19-15,11-6-4-3-5-7-11)13-9-8-12(17-2)10-14(13)18-15/h3-10H,1-2H3. The monoisotopic (exact) mass is 270 g/mol. The number of methoxy groups -OCH3 is 1. The van der Waals surface area contributed by atoms with E-state index in [1.165, 1.54) is 0 Å². The molecule has 0 aliphatic carbocycles. The SMILES string of the molecule is COc1ccc2c(c1)OC1(C)OOC21c1ccccc1. The van der Waals surface area contributed by atoms with Crippen LogP contribution in [0.2, 0.25) is 0 Å². The molecule has 0 aromatic heterocycles. The highest BCUT2D eigenvalue weighted by Gasteiger charge is 2.71. The van der Waals surface area contributed by atoms with Gasteiger partial charge in [-0.05, 0) is 17.7 Å². The summed E-state index contributed by atoms with van der Waals surface area (Å²) in [6.07, 6.45) is 0. The van der Waals surface area contributed by atoms with Crippen molar-refractivity contribution in [1.29, 1.82) is 0 Å². The van der Waals surface area contributed by atoms with Crippen molar-refractivity contribution in [3.8, 4) is 11.5 Å². The zero-order chi connectivity index (χ0) is 13.8. The number of ether oxygens (including phenoxy) is 2. The molecule has 4 rings (SSSR count). The number of hydrogen-bond acceptors (Lipinski definition) is 4. The van der Waals surface area contributed by atoms with Crippen LogP contribution in [0.4, 0.5) is 0 Å². The molecule has 20 heavy (non-hydrogen) atoms. The Balaban J connectivity index is 1.93. The lowest BCUT2D eigenvalue weighted by molar-refractivity contribution is -0.580. The van der Waals surface area contributed by atoms with E-state index in [0.717, 1.165) is 22.6 Å². The second-order valence-corrected chi connectivity index (χ2v) is 5.12. The normalized spacial score (nSPS) is 29.9. The molecule has 2 aliphatic heterocycles. The van der Waals surface area contributed by atoms with Crippen molar-refractivity contribution in [2.24, 2.45) is 0 Å². The molecule has 102 valence electrons. The molecule has 4 nitrogen and oxygen atoms in total. The Morgan fingerprint density at radius 2 is 1.80 bits per heavy atom. The van der Waals surface area contributed by atoms with Crippen molar-refractivity contribution in [3.05, 3.63) is 59.7 Å². The van der Waals surface area contributed by atoms with E-state index in [2.05, 4.69) is 0 Å². The largest absolute Gasteiger partial charge is 0.497 e. The van der Waals surface area contributed by atoms with Crippen LogP contribution in [-0.2, 0) is 15.4 Å². The molecule has 2 atom stereocenters. The average molecular weight is 270 g/mol. The summed E-state index contributed by atoms with van der Waals surface area (Å²) in [6, 6.07) is 15.7. The van der Waals surface area contributed by atoms with Crippen LogP contribution in [-0.4, -0.2) is 12.9 Å². The van der Waals surface area contributed by atoms with Crippen LogP contribution >= 0.6 is 0 Å². The van der Waals surface area contributed by atoms with E-state index in [4.69, 9.17) is 19.2 Å². The average Bonchev–Trinajstić information content (AvgIpc) is 2.65. The minimum atomic E-state index is -0.844. The number of hydrogen-bond donors (Lipinski definition) is 0. The molecule has 2 aromatic rings. The molecular weight excluding hydrogens is 256 g/mol. The first kappa shape index (κ1) is 11.8. The molecule has 0 bridgehead atoms. The van der Waals surface area contributed by atoms with Gasteiger partial charge in [0.2, 0.25) is 5.60 Å². The third-order valence-electron chi connectivity index (χ3n) is 4.02. The quantitative estimate of drug-likeness (QED) is 0.786. The van der Waals surface area contributed by atoms with Crippen LogP contribution in [0.1, 0.15) is 18.1 Å². The van der Waals surface area contributed by atoms with Gasteiger partial charge in [0.15, 0.2) is 0 Å². The van der Waals surface area contributed by atoms with Gasteiger partial charge in [0.1, 0.15) is 11.5 Å². The third-order valence-corrected chi connectivity index (χ3v) is 4.02. The van der Waals surface area contributed by atoms with E-state index < -0.39 is 11.4 Å². The molecule has 2 aliphatic rings. The van der Waals surface area contributed by atoms with Crippen molar-refractivity contribution in [2.75, 3.05) is 7.11 Å². The maximum absolute atomic E-state index is 5.97. The summed E-state index contributed by atoms with van der Waals surface area (Å²) in [5.41, 5.74) is 1.26. The summed E-state index contributed by atoms with van der Waals surface area (Å²) >= 11 is 0. The maximum atomic E-state index is 5.97. The smallest absolute Gasteiger partial charge is 0.278 e. The second-order valence-electron chi connectivity index (χ2n) is 5.12. The molecule has 2 heterocycles. The van der Waals surface area contributed by atoms with Crippen LogP contribution < -0.4 is 9.47 Å². The van der Waals surface area contributed by atoms with E-state index >= 15 is 0 Å². The van der Waals surface area contributed by atoms with Crippen LogP contribution in [0, 0.1) is 0 Å². The van der Waals surface area contributed by atoms with Gasteiger partial charge in [0.25, 0.3) is 5.79 Å². The summed E-state index contributed by atoms with van der Waals surface area (Å²) in [5, 5.41) is 0. The van der Waals surface area contributed by atoms with Crippen molar-refractivity contribution in [2.45, 2.75) is 18.3 Å². The lowest BCUT2D eigenvalue weighted by Crippen LogP contribution is -2.63. The van der Waals surface area contributed by atoms with Gasteiger partial charge in [0, 0.05) is 18.6 Å². The predicted molar refractivity (Wildman–Crippen MR) is 71.4 cm³/mol. The van der Waals surface area contributed by atoms with E-state index in [-0.39, 0.29) is 0 Å². The van der Waals surface area contributed by atoms with Gasteiger partial charge in [-0.2, -0.15) is 4.89 Å². The van der Waals surface area contributed by atoms with E-state index in [1.807, 2.05) is 55.5 Å². The van der Waals surface area contributed by atoms with Crippen molar-refractivity contribution < 1.29 is 19.2 Å². The Hall–Kier alpha value is -2.04. The van der Waals surface area contributed by atoms with Gasteiger partial charge in [0.05, 0.1) is 7.11 Å². The van der Waals surface area contributed by atoms with Crippen molar-refractivity contribution in [3.63, 3.8) is 0 Å². The molecule has 1 fully saturated rings. The lowest BCUT2D eigenvalue weighted by Gasteiger charge is -2.48. The van der Waals surface area contributed by atoms with E-state index in [0.29, 0.717) is 0 Å². The lowest BCUT2D eigenvalue weighted by atomic mass is 9.80. The Morgan fingerprint density at radius 1 is 1.00 bits per heavy atom. The van der Waals surface area contributed by atoms with Gasteiger partial charge >= 0.3 is 0 Å². The summed E-state index contributed by atoms with van der Waals surface area (Å²) in [7, 11) is 1.63. The summed E-state index contributed by atoms with van der Waals surface area (Å²) < 4.78 is 11.2. The fourth-order valence-electron chi connectivity index (χ4n) is 2.97. The maximum Gasteiger partial charge on any atom is 0.278 e. The molecule has 0 saturated carbocycles. The van der Waals surface area contributed by atoms with Gasteiger partial charge in [-0.15, -0.1) is 0 Å². The molecule has 0 spiro atoms. The Bertz CT molecular complexity index is 669. The third kappa shape index (κ3) is 1.23. The molecule has 4 heteroatoms. The van der Waals surface area contributed by atoms with Crippen LogP contribution in [0.15, 0.2) is 48.5 Å². The fraction of sp³-hybridized carbons (Fsp3) is 0.250. The predicted octanol–water partition coefficient (Wildman–Crippen LogP) is 3.01. The van der Waals surface area contributed by atoms with Gasteiger partial charge < -0.3 is 9.47 Å². The van der Waals surface area contributed by atoms with Gasteiger partial charge in [-0.25, -0.2) is 4.89 Å². The van der Waals surface area contributed by atoms with Crippen molar-refractivity contribution in [1.82, 2.24) is 0 Å². The summed E-state index contributed by atoms with van der Waals surface area (Å²) in [5.74, 6) is 0.633. The zero-order valence-electron chi connectivity index (χ0n) is 11.3. The number of benzene rings is 2. The molecule has 0 N–H and O–H groups in total. The van der Waals surface area contributed by atoms with E-state index in [9.17, 15) is 0 Å². The van der Waals surface area contributed by atoms with Gasteiger partial charge in [-0.3, -0.25) is 0 Å². The summed E-state index contributed by atoms with van der Waals surface area (Å²) in [6.45, 7) is 1.88. The molecular formula is C16H14O4. The highest BCUT2D eigenvalue weighted by atomic mass is 17.3. The Kier molecular flexibility index (Phi) is 2.20. The second kappa shape index (κ2) is 3.75. The zero-order valence-corrected chi connectivity index (χ0v) is 11.3. The number of rotatable bonds is 2.